The van der Waals surface area contributed by atoms with Crippen molar-refractivity contribution in [3.8, 4) is 51.0 Å². The number of primary sulfonamides is 1. The predicted octanol–water partition coefficient (Wildman–Crippen LogP) is 3.42. The average molecular weight is 443 g/mol. The Hall–Kier alpha value is -3.43. The van der Waals surface area contributed by atoms with Crippen LogP contribution in [0.5, 0.6) is 28.7 Å². The van der Waals surface area contributed by atoms with Crippen LogP contribution in [-0.2, 0) is 10.0 Å². The van der Waals surface area contributed by atoms with Gasteiger partial charge in [0.2, 0.25) is 22.6 Å². The zero-order valence-corrected chi connectivity index (χ0v) is 18.0. The van der Waals surface area contributed by atoms with Crippen molar-refractivity contribution in [1.82, 2.24) is 0 Å². The second-order valence-electron chi connectivity index (χ2n) is 6.73. The highest BCUT2D eigenvalue weighted by Gasteiger charge is 2.22. The summed E-state index contributed by atoms with van der Waals surface area (Å²) in [6, 6.07) is 13.7. The zero-order chi connectivity index (χ0) is 22.2. The van der Waals surface area contributed by atoms with E-state index in [0.717, 1.165) is 22.3 Å². The second-order valence-corrected chi connectivity index (χ2v) is 8.30. The molecule has 0 unspecified atom stereocenters. The van der Waals surface area contributed by atoms with Crippen LogP contribution in [0.25, 0.3) is 22.3 Å². The summed E-state index contributed by atoms with van der Waals surface area (Å²) in [4.78, 5) is 0.0336. The molecule has 8 nitrogen and oxygen atoms in total. The molecule has 1 aliphatic rings. The van der Waals surface area contributed by atoms with Gasteiger partial charge in [0.1, 0.15) is 0 Å². The topological polar surface area (TPSA) is 106 Å². The van der Waals surface area contributed by atoms with Crippen LogP contribution in [0.1, 0.15) is 0 Å². The maximum atomic E-state index is 11.6. The van der Waals surface area contributed by atoms with Crippen LogP contribution in [0.2, 0.25) is 0 Å². The lowest BCUT2D eigenvalue weighted by molar-refractivity contribution is 0.174. The Kier molecular flexibility index (Phi) is 5.38. The smallest absolute Gasteiger partial charge is 0.238 e. The molecule has 3 aromatic rings. The molecule has 0 aromatic heterocycles. The monoisotopic (exact) mass is 443 g/mol. The molecular formula is C22H21NO7S. The Morgan fingerprint density at radius 2 is 1.29 bits per heavy atom. The lowest BCUT2D eigenvalue weighted by atomic mass is 9.93. The summed E-state index contributed by atoms with van der Waals surface area (Å²) in [5.41, 5.74) is 3.18. The SMILES string of the molecule is COc1cc(-c2cc3c(cc2-c2ccc(S(N)(=O)=O)cc2)OCO3)cc(OC)c1OC. The molecule has 0 bridgehead atoms. The van der Waals surface area contributed by atoms with Crippen molar-refractivity contribution >= 4 is 10.0 Å². The van der Waals surface area contributed by atoms with Gasteiger partial charge in [-0.2, -0.15) is 0 Å². The lowest BCUT2D eigenvalue weighted by Gasteiger charge is -2.17. The standard InChI is InChI=1S/C22H21NO7S/c1-26-20-8-14(9-21(27-2)22(20)28-3)17-11-19-18(29-12-30-19)10-16(17)13-4-6-15(7-5-13)31(23,24)25/h4-11H,12H2,1-3H3,(H2,23,24,25). The van der Waals surface area contributed by atoms with Gasteiger partial charge in [-0.1, -0.05) is 12.1 Å². The van der Waals surface area contributed by atoms with Gasteiger partial charge in [0.15, 0.2) is 23.0 Å². The molecule has 4 rings (SSSR count). The third kappa shape index (κ3) is 3.85. The Balaban J connectivity index is 1.93. The molecule has 0 radical (unpaired) electrons. The van der Waals surface area contributed by atoms with Crippen LogP contribution in [0.3, 0.4) is 0 Å². The van der Waals surface area contributed by atoms with Crippen molar-refractivity contribution in [3.63, 3.8) is 0 Å². The number of fused-ring (bicyclic) bond motifs is 1. The third-order valence-electron chi connectivity index (χ3n) is 4.98. The fraction of sp³-hybridized carbons (Fsp3) is 0.182. The summed E-state index contributed by atoms with van der Waals surface area (Å²) in [5, 5.41) is 5.23. The Labute approximate surface area is 180 Å². The summed E-state index contributed by atoms with van der Waals surface area (Å²) in [5.74, 6) is 2.69. The third-order valence-corrected chi connectivity index (χ3v) is 5.91. The number of ether oxygens (including phenoxy) is 5. The van der Waals surface area contributed by atoms with Crippen LogP contribution < -0.4 is 28.8 Å². The first-order chi connectivity index (χ1) is 14.9. The molecule has 0 fully saturated rings. The minimum atomic E-state index is -3.79. The van der Waals surface area contributed by atoms with Crippen molar-refractivity contribution < 1.29 is 32.1 Å². The van der Waals surface area contributed by atoms with Gasteiger partial charge < -0.3 is 23.7 Å². The molecule has 0 amide bonds. The molecule has 1 heterocycles. The molecule has 9 heteroatoms. The van der Waals surface area contributed by atoms with E-state index in [1.54, 1.807) is 33.5 Å². The molecule has 0 aliphatic carbocycles. The van der Waals surface area contributed by atoms with Gasteiger partial charge >= 0.3 is 0 Å². The highest BCUT2D eigenvalue weighted by Crippen LogP contribution is 2.47. The van der Waals surface area contributed by atoms with Gasteiger partial charge in [-0.05, 0) is 58.7 Å². The first kappa shape index (κ1) is 20.8. The van der Waals surface area contributed by atoms with E-state index >= 15 is 0 Å². The fourth-order valence-corrected chi connectivity index (χ4v) is 4.00. The van der Waals surface area contributed by atoms with Gasteiger partial charge in [0.25, 0.3) is 0 Å². The van der Waals surface area contributed by atoms with Crippen LogP contribution in [0, 0.1) is 0 Å². The quantitative estimate of drug-likeness (QED) is 0.622. The molecule has 3 aromatic carbocycles. The normalized spacial score (nSPS) is 12.5. The number of hydrogen-bond acceptors (Lipinski definition) is 7. The van der Waals surface area contributed by atoms with Gasteiger partial charge in [0, 0.05) is 0 Å². The maximum absolute atomic E-state index is 11.6. The van der Waals surface area contributed by atoms with E-state index in [4.69, 9.17) is 28.8 Å². The van der Waals surface area contributed by atoms with E-state index in [2.05, 4.69) is 0 Å². The van der Waals surface area contributed by atoms with Crippen LogP contribution in [-0.4, -0.2) is 36.5 Å². The molecule has 162 valence electrons. The van der Waals surface area contributed by atoms with Crippen LogP contribution in [0.15, 0.2) is 53.4 Å². The lowest BCUT2D eigenvalue weighted by Crippen LogP contribution is -2.11. The summed E-state index contributed by atoms with van der Waals surface area (Å²) in [6.45, 7) is 0.123. The fourth-order valence-electron chi connectivity index (χ4n) is 3.48. The number of hydrogen-bond donors (Lipinski definition) is 1. The van der Waals surface area contributed by atoms with E-state index in [9.17, 15) is 8.42 Å². The molecule has 0 saturated heterocycles. The van der Waals surface area contributed by atoms with Crippen molar-refractivity contribution in [2.45, 2.75) is 4.90 Å². The van der Waals surface area contributed by atoms with E-state index in [-0.39, 0.29) is 11.7 Å². The molecule has 31 heavy (non-hydrogen) atoms. The summed E-state index contributed by atoms with van der Waals surface area (Å²) in [6.07, 6.45) is 0. The second kappa shape index (κ2) is 8.01. The summed E-state index contributed by atoms with van der Waals surface area (Å²) < 4.78 is 50.8. The predicted molar refractivity (Wildman–Crippen MR) is 114 cm³/mol. The number of sulfonamides is 1. The minimum Gasteiger partial charge on any atom is -0.493 e. The van der Waals surface area contributed by atoms with Crippen molar-refractivity contribution in [2.75, 3.05) is 28.1 Å². The van der Waals surface area contributed by atoms with Gasteiger partial charge in [-0.3, -0.25) is 0 Å². The van der Waals surface area contributed by atoms with E-state index < -0.39 is 10.0 Å². The molecule has 0 spiro atoms. The van der Waals surface area contributed by atoms with Crippen molar-refractivity contribution in [1.29, 1.82) is 0 Å². The molecule has 0 saturated carbocycles. The first-order valence-electron chi connectivity index (χ1n) is 9.23. The highest BCUT2D eigenvalue weighted by atomic mass is 32.2. The average Bonchev–Trinajstić information content (AvgIpc) is 3.24. The van der Waals surface area contributed by atoms with Gasteiger partial charge in [0.05, 0.1) is 26.2 Å². The molecule has 2 N–H and O–H groups in total. The van der Waals surface area contributed by atoms with Gasteiger partial charge in [-0.15, -0.1) is 0 Å². The molecule has 0 atom stereocenters. The zero-order valence-electron chi connectivity index (χ0n) is 17.2. The number of nitrogens with two attached hydrogens (primary N) is 1. The first-order valence-corrected chi connectivity index (χ1v) is 10.8. The van der Waals surface area contributed by atoms with Crippen molar-refractivity contribution in [2.24, 2.45) is 5.14 Å². The summed E-state index contributed by atoms with van der Waals surface area (Å²) in [7, 11) is 0.848. The van der Waals surface area contributed by atoms with Crippen molar-refractivity contribution in [3.05, 3.63) is 48.5 Å². The van der Waals surface area contributed by atoms with E-state index in [0.29, 0.717) is 28.7 Å². The minimum absolute atomic E-state index is 0.0336. The Morgan fingerprint density at radius 1 is 0.774 bits per heavy atom. The van der Waals surface area contributed by atoms with Gasteiger partial charge in [-0.25, -0.2) is 13.6 Å². The number of methoxy groups -OCH3 is 3. The molecule has 1 aliphatic heterocycles. The Bertz CT molecular complexity index is 1210. The number of rotatable bonds is 6. The Morgan fingerprint density at radius 3 is 1.74 bits per heavy atom. The maximum Gasteiger partial charge on any atom is 0.238 e. The van der Waals surface area contributed by atoms with Crippen LogP contribution in [0.4, 0.5) is 0 Å². The van der Waals surface area contributed by atoms with E-state index in [1.165, 1.54) is 12.1 Å². The van der Waals surface area contributed by atoms with E-state index in [1.807, 2.05) is 24.3 Å². The summed E-state index contributed by atoms with van der Waals surface area (Å²) >= 11 is 0. The number of benzene rings is 3. The molecular weight excluding hydrogens is 422 g/mol. The van der Waals surface area contributed by atoms with Crippen LogP contribution >= 0.6 is 0 Å². The highest BCUT2D eigenvalue weighted by molar-refractivity contribution is 7.89. The largest absolute Gasteiger partial charge is 0.493 e.